The molecule has 9 heteroatoms. The maximum absolute atomic E-state index is 6.66. The molecule has 1 aromatic carbocycles. The quantitative estimate of drug-likeness (QED) is 0.581. The van der Waals surface area contributed by atoms with E-state index in [1.807, 2.05) is 12.1 Å². The lowest BCUT2D eigenvalue weighted by molar-refractivity contribution is 0.0818. The molecule has 0 amide bonds. The Morgan fingerprint density at radius 1 is 1.00 bits per heavy atom. The highest BCUT2D eigenvalue weighted by Crippen LogP contribution is 2.46. The second kappa shape index (κ2) is 8.94. The molecule has 1 fully saturated rings. The van der Waals surface area contributed by atoms with Crippen LogP contribution in [0.2, 0.25) is 10.0 Å². The maximum Gasteiger partial charge on any atom is 0.141 e. The van der Waals surface area contributed by atoms with Crippen molar-refractivity contribution < 1.29 is 14.2 Å². The first-order valence-electron chi connectivity index (χ1n) is 9.91. The number of aromatic nitrogens is 2. The Morgan fingerprint density at radius 3 is 2.23 bits per heavy atom. The number of nitrogen functional groups attached to an aromatic ring is 1. The average molecular weight is 463 g/mol. The molecule has 1 aliphatic heterocycles. The normalized spacial score (nSPS) is 14.8. The molecule has 0 unspecified atom stereocenters. The van der Waals surface area contributed by atoms with Gasteiger partial charge < -0.3 is 24.8 Å². The molecule has 7 nitrogen and oxygen atoms in total. The van der Waals surface area contributed by atoms with Crippen LogP contribution in [0.25, 0.3) is 22.0 Å². The number of nitrogens with two attached hydrogens (primary N) is 1. The fourth-order valence-electron chi connectivity index (χ4n) is 3.93. The number of hydrogen-bond donors (Lipinski definition) is 1. The molecule has 1 aliphatic rings. The summed E-state index contributed by atoms with van der Waals surface area (Å²) in [5, 5.41) is 2.55. The predicted molar refractivity (Wildman–Crippen MR) is 125 cm³/mol. The van der Waals surface area contributed by atoms with Crippen LogP contribution in [-0.2, 0) is 4.74 Å². The van der Waals surface area contributed by atoms with Gasteiger partial charge in [0.2, 0.25) is 0 Å². The van der Waals surface area contributed by atoms with Gasteiger partial charge in [-0.25, -0.2) is 9.97 Å². The van der Waals surface area contributed by atoms with E-state index >= 15 is 0 Å². The molecule has 3 aromatic rings. The summed E-state index contributed by atoms with van der Waals surface area (Å²) in [6.07, 6.45) is 3.82. The van der Waals surface area contributed by atoms with E-state index in [1.165, 1.54) is 0 Å². The van der Waals surface area contributed by atoms with Crippen molar-refractivity contribution in [2.75, 3.05) is 45.1 Å². The van der Waals surface area contributed by atoms with Crippen LogP contribution in [0.4, 0.5) is 11.6 Å². The molecule has 31 heavy (non-hydrogen) atoms. The Balaban J connectivity index is 1.92. The number of fused-ring (bicyclic) bond motifs is 1. The van der Waals surface area contributed by atoms with Gasteiger partial charge in [0.05, 0.1) is 36.1 Å². The van der Waals surface area contributed by atoms with Crippen LogP contribution in [-0.4, -0.2) is 50.5 Å². The number of anilines is 2. The Labute approximate surface area is 191 Å². The van der Waals surface area contributed by atoms with Gasteiger partial charge in [0.25, 0.3) is 0 Å². The molecule has 164 valence electrons. The van der Waals surface area contributed by atoms with E-state index in [9.17, 15) is 0 Å². The summed E-state index contributed by atoms with van der Waals surface area (Å²) in [6, 6.07) is 5.41. The van der Waals surface area contributed by atoms with E-state index in [-0.39, 0.29) is 6.10 Å². The highest BCUT2D eigenvalue weighted by Gasteiger charge is 2.25. The maximum atomic E-state index is 6.66. The van der Waals surface area contributed by atoms with Crippen LogP contribution in [0.1, 0.15) is 12.8 Å². The van der Waals surface area contributed by atoms with Gasteiger partial charge in [0.15, 0.2) is 0 Å². The van der Waals surface area contributed by atoms with E-state index in [2.05, 4.69) is 9.88 Å². The van der Waals surface area contributed by atoms with Gasteiger partial charge in [0.1, 0.15) is 23.1 Å². The number of methoxy groups -OCH3 is 3. The van der Waals surface area contributed by atoms with Gasteiger partial charge in [-0.3, -0.25) is 0 Å². The van der Waals surface area contributed by atoms with Crippen molar-refractivity contribution in [3.63, 3.8) is 0 Å². The number of nitrogens with zero attached hydrogens (tertiary/aromatic N) is 3. The van der Waals surface area contributed by atoms with E-state index in [0.717, 1.165) is 42.5 Å². The summed E-state index contributed by atoms with van der Waals surface area (Å²) in [7, 11) is 4.84. The number of rotatable bonds is 5. The van der Waals surface area contributed by atoms with Crippen molar-refractivity contribution in [3.05, 3.63) is 34.4 Å². The van der Waals surface area contributed by atoms with Crippen molar-refractivity contribution in [1.29, 1.82) is 0 Å². The van der Waals surface area contributed by atoms with Crippen LogP contribution in [0.3, 0.4) is 0 Å². The van der Waals surface area contributed by atoms with Crippen LogP contribution in [0.15, 0.2) is 24.4 Å². The van der Waals surface area contributed by atoms with E-state index in [4.69, 9.17) is 48.1 Å². The summed E-state index contributed by atoms with van der Waals surface area (Å²) in [6.45, 7) is 1.63. The van der Waals surface area contributed by atoms with Gasteiger partial charge in [0, 0.05) is 48.8 Å². The van der Waals surface area contributed by atoms with Crippen molar-refractivity contribution >= 4 is 45.6 Å². The first kappa shape index (κ1) is 21.7. The van der Waals surface area contributed by atoms with Gasteiger partial charge in [-0.2, -0.15) is 0 Å². The fourth-order valence-corrected chi connectivity index (χ4v) is 4.62. The number of halogens is 2. The first-order chi connectivity index (χ1) is 15.0. The molecule has 0 radical (unpaired) electrons. The van der Waals surface area contributed by atoms with Gasteiger partial charge in [-0.1, -0.05) is 23.2 Å². The second-order valence-corrected chi connectivity index (χ2v) is 8.12. The van der Waals surface area contributed by atoms with Gasteiger partial charge in [-0.05, 0) is 25.0 Å². The molecule has 1 saturated heterocycles. The topological polar surface area (TPSA) is 82.7 Å². The number of piperidine rings is 1. The zero-order valence-electron chi connectivity index (χ0n) is 17.6. The summed E-state index contributed by atoms with van der Waals surface area (Å²) in [5.74, 6) is 2.16. The van der Waals surface area contributed by atoms with Crippen LogP contribution >= 0.6 is 23.2 Å². The molecule has 0 saturated carbocycles. The number of benzene rings is 1. The predicted octanol–water partition coefficient (Wildman–Crippen LogP) is 4.82. The van der Waals surface area contributed by atoms with Crippen molar-refractivity contribution in [2.24, 2.45) is 0 Å². The Hall–Kier alpha value is -2.48. The van der Waals surface area contributed by atoms with Crippen LogP contribution in [0, 0.1) is 0 Å². The van der Waals surface area contributed by atoms with Crippen LogP contribution < -0.4 is 20.1 Å². The molecule has 0 aliphatic carbocycles. The SMILES string of the molecule is COc1cc(OC)c(Cl)c(-c2cc3cnc(N)cc3c(N3CCC(OC)CC3)n2)c1Cl. The van der Waals surface area contributed by atoms with E-state index in [1.54, 1.807) is 33.6 Å². The molecular weight excluding hydrogens is 439 g/mol. The number of pyridine rings is 2. The minimum atomic E-state index is 0.254. The Bertz CT molecular complexity index is 1090. The van der Waals surface area contributed by atoms with Gasteiger partial charge >= 0.3 is 0 Å². The molecule has 2 aromatic heterocycles. The highest BCUT2D eigenvalue weighted by molar-refractivity contribution is 6.41. The molecule has 2 N–H and O–H groups in total. The van der Waals surface area contributed by atoms with E-state index in [0.29, 0.717) is 38.6 Å². The third-order valence-corrected chi connectivity index (χ3v) is 6.37. The summed E-state index contributed by atoms with van der Waals surface area (Å²) < 4.78 is 16.4. The zero-order chi connectivity index (χ0) is 22.1. The third kappa shape index (κ3) is 4.05. The van der Waals surface area contributed by atoms with E-state index < -0.39 is 0 Å². The summed E-state index contributed by atoms with van der Waals surface area (Å²) >= 11 is 13.3. The smallest absolute Gasteiger partial charge is 0.141 e. The minimum absolute atomic E-state index is 0.254. The second-order valence-electron chi connectivity index (χ2n) is 7.37. The number of ether oxygens (including phenoxy) is 3. The van der Waals surface area contributed by atoms with Crippen molar-refractivity contribution in [1.82, 2.24) is 9.97 Å². The largest absolute Gasteiger partial charge is 0.495 e. The molecular formula is C22H24Cl2N4O3. The zero-order valence-corrected chi connectivity index (χ0v) is 19.1. The highest BCUT2D eigenvalue weighted by atomic mass is 35.5. The molecule has 3 heterocycles. The molecule has 0 bridgehead atoms. The third-order valence-electron chi connectivity index (χ3n) is 5.62. The Morgan fingerprint density at radius 2 is 1.65 bits per heavy atom. The fraction of sp³-hybridized carbons (Fsp3) is 0.364. The standard InChI is InChI=1S/C22H24Cl2N4O3/c1-29-13-4-6-28(7-5-13)22-14-9-18(25)26-11-12(14)8-15(27-22)19-20(23)16(30-2)10-17(31-3)21(19)24/h8-11,13H,4-7H2,1-3H3,(H2,25,26). The monoisotopic (exact) mass is 462 g/mol. The molecule has 0 atom stereocenters. The van der Waals surface area contributed by atoms with Crippen molar-refractivity contribution in [2.45, 2.75) is 18.9 Å². The summed E-state index contributed by atoms with van der Waals surface area (Å²) in [4.78, 5) is 11.5. The lowest BCUT2D eigenvalue weighted by atomic mass is 10.0. The summed E-state index contributed by atoms with van der Waals surface area (Å²) in [5.41, 5.74) is 7.14. The lowest BCUT2D eigenvalue weighted by Gasteiger charge is -2.33. The first-order valence-corrected chi connectivity index (χ1v) is 10.7. The minimum Gasteiger partial charge on any atom is -0.495 e. The van der Waals surface area contributed by atoms with Crippen LogP contribution in [0.5, 0.6) is 11.5 Å². The molecule has 0 spiro atoms. The lowest BCUT2D eigenvalue weighted by Crippen LogP contribution is -2.37. The molecule has 4 rings (SSSR count). The Kier molecular flexibility index (Phi) is 6.27. The van der Waals surface area contributed by atoms with Gasteiger partial charge in [-0.15, -0.1) is 0 Å². The average Bonchev–Trinajstić information content (AvgIpc) is 2.79. The van der Waals surface area contributed by atoms with Crippen molar-refractivity contribution in [3.8, 4) is 22.8 Å². The number of hydrogen-bond acceptors (Lipinski definition) is 7.